The second-order valence-corrected chi connectivity index (χ2v) is 5.35. The van der Waals surface area contributed by atoms with E-state index in [1.807, 2.05) is 16.8 Å². The highest BCUT2D eigenvalue weighted by Gasteiger charge is 2.26. The van der Waals surface area contributed by atoms with Crippen molar-refractivity contribution in [3.63, 3.8) is 0 Å². The van der Waals surface area contributed by atoms with E-state index in [1.165, 1.54) is 0 Å². The third kappa shape index (κ3) is 5.04. The number of nitrogen functional groups attached to an aromatic ring is 1. The molecule has 17 heavy (non-hydrogen) atoms. The fraction of sp³-hybridized carbons (Fsp3) is 0.667. The number of hydrogen-bond donors (Lipinski definition) is 3. The predicted octanol–water partition coefficient (Wildman–Crippen LogP) is 1.15. The molecule has 5 heteroatoms. The van der Waals surface area contributed by atoms with Gasteiger partial charge in [0.25, 0.3) is 0 Å². The van der Waals surface area contributed by atoms with Crippen molar-refractivity contribution in [2.24, 2.45) is 0 Å². The van der Waals surface area contributed by atoms with Gasteiger partial charge in [-0.2, -0.15) is 11.3 Å². The molecular formula is C12H22N2O2S. The van der Waals surface area contributed by atoms with Gasteiger partial charge < -0.3 is 15.9 Å². The SMILES string of the molecule is CC(C)N1CCC(O)C(O)C1.Nc1ccsc1. The van der Waals surface area contributed by atoms with Crippen LogP contribution in [0.3, 0.4) is 0 Å². The van der Waals surface area contributed by atoms with Gasteiger partial charge >= 0.3 is 0 Å². The van der Waals surface area contributed by atoms with Gasteiger partial charge in [-0.25, -0.2) is 0 Å². The van der Waals surface area contributed by atoms with Gasteiger partial charge in [0, 0.05) is 30.2 Å². The Morgan fingerprint density at radius 2 is 2.12 bits per heavy atom. The summed E-state index contributed by atoms with van der Waals surface area (Å²) in [6.45, 7) is 5.71. The van der Waals surface area contributed by atoms with Gasteiger partial charge in [-0.3, -0.25) is 4.90 Å². The van der Waals surface area contributed by atoms with E-state index in [4.69, 9.17) is 5.73 Å². The van der Waals surface area contributed by atoms with E-state index in [0.29, 0.717) is 19.0 Å². The van der Waals surface area contributed by atoms with Crippen LogP contribution in [0, 0.1) is 0 Å². The minimum atomic E-state index is -0.550. The molecule has 0 radical (unpaired) electrons. The Labute approximate surface area is 107 Å². The first-order chi connectivity index (χ1) is 8.00. The molecule has 4 N–H and O–H groups in total. The van der Waals surface area contributed by atoms with Gasteiger partial charge in [0.2, 0.25) is 0 Å². The van der Waals surface area contributed by atoms with Crippen LogP contribution in [0.25, 0.3) is 0 Å². The molecule has 0 amide bonds. The number of anilines is 1. The molecule has 1 fully saturated rings. The quantitative estimate of drug-likeness (QED) is 0.707. The Kier molecular flexibility index (Phi) is 5.91. The maximum Gasteiger partial charge on any atom is 0.0926 e. The van der Waals surface area contributed by atoms with Crippen molar-refractivity contribution in [1.82, 2.24) is 4.90 Å². The zero-order valence-corrected chi connectivity index (χ0v) is 11.2. The van der Waals surface area contributed by atoms with E-state index in [1.54, 1.807) is 11.3 Å². The topological polar surface area (TPSA) is 69.7 Å². The molecule has 2 unspecified atom stereocenters. The summed E-state index contributed by atoms with van der Waals surface area (Å²) in [5.74, 6) is 0. The second-order valence-electron chi connectivity index (χ2n) is 4.57. The Morgan fingerprint density at radius 1 is 1.41 bits per heavy atom. The van der Waals surface area contributed by atoms with Crippen molar-refractivity contribution in [3.05, 3.63) is 16.8 Å². The van der Waals surface area contributed by atoms with Gasteiger partial charge in [-0.1, -0.05) is 0 Å². The Bertz CT molecular complexity index is 303. The number of aliphatic hydroxyl groups is 2. The lowest BCUT2D eigenvalue weighted by molar-refractivity contribution is -0.0456. The first-order valence-corrected chi connectivity index (χ1v) is 6.83. The Balaban J connectivity index is 0.000000202. The summed E-state index contributed by atoms with van der Waals surface area (Å²) in [6.07, 6.45) is -0.365. The molecule has 0 aliphatic carbocycles. The monoisotopic (exact) mass is 258 g/mol. The van der Waals surface area contributed by atoms with Crippen molar-refractivity contribution in [2.75, 3.05) is 18.8 Å². The predicted molar refractivity (Wildman–Crippen MR) is 72.1 cm³/mol. The fourth-order valence-corrected chi connectivity index (χ4v) is 2.24. The number of piperidine rings is 1. The number of nitrogens with two attached hydrogens (primary N) is 1. The van der Waals surface area contributed by atoms with E-state index in [0.717, 1.165) is 12.2 Å². The summed E-state index contributed by atoms with van der Waals surface area (Å²) in [5.41, 5.74) is 6.15. The van der Waals surface area contributed by atoms with Crippen molar-refractivity contribution in [1.29, 1.82) is 0 Å². The molecule has 2 atom stereocenters. The lowest BCUT2D eigenvalue weighted by Crippen LogP contribution is -2.49. The molecule has 1 saturated heterocycles. The molecule has 0 saturated carbocycles. The zero-order chi connectivity index (χ0) is 12.8. The highest BCUT2D eigenvalue weighted by atomic mass is 32.1. The largest absolute Gasteiger partial charge is 0.398 e. The molecule has 2 heterocycles. The zero-order valence-electron chi connectivity index (χ0n) is 10.4. The number of nitrogens with zero attached hydrogens (tertiary/aromatic N) is 1. The van der Waals surface area contributed by atoms with Crippen LogP contribution in [0.15, 0.2) is 16.8 Å². The number of hydrogen-bond acceptors (Lipinski definition) is 5. The summed E-state index contributed by atoms with van der Waals surface area (Å²) in [7, 11) is 0. The van der Waals surface area contributed by atoms with Gasteiger partial charge in [0.1, 0.15) is 0 Å². The molecule has 4 nitrogen and oxygen atoms in total. The van der Waals surface area contributed by atoms with Crippen molar-refractivity contribution in [2.45, 2.75) is 38.5 Å². The summed E-state index contributed by atoms with van der Waals surface area (Å²) in [4.78, 5) is 2.18. The maximum atomic E-state index is 9.31. The van der Waals surface area contributed by atoms with Crippen molar-refractivity contribution in [3.8, 4) is 0 Å². The standard InChI is InChI=1S/C8H17NO2.C4H5NS/c1-6(2)9-4-3-7(10)8(11)5-9;5-4-1-2-6-3-4/h6-8,10-11H,3-5H2,1-2H3;1-3H,5H2. The number of likely N-dealkylation sites (tertiary alicyclic amines) is 1. The van der Waals surface area contributed by atoms with Crippen LogP contribution < -0.4 is 5.73 Å². The van der Waals surface area contributed by atoms with Gasteiger partial charge in [0.05, 0.1) is 12.2 Å². The lowest BCUT2D eigenvalue weighted by Gasteiger charge is -2.35. The smallest absolute Gasteiger partial charge is 0.0926 e. The molecule has 0 aromatic carbocycles. The molecule has 1 aromatic heterocycles. The van der Waals surface area contributed by atoms with E-state index in [-0.39, 0.29) is 0 Å². The summed E-state index contributed by atoms with van der Waals surface area (Å²) in [6, 6.07) is 2.35. The van der Waals surface area contributed by atoms with E-state index in [9.17, 15) is 10.2 Å². The second kappa shape index (κ2) is 6.96. The van der Waals surface area contributed by atoms with Crippen LogP contribution >= 0.6 is 11.3 Å². The van der Waals surface area contributed by atoms with Crippen molar-refractivity contribution >= 4 is 17.0 Å². The van der Waals surface area contributed by atoms with Crippen LogP contribution in [0.4, 0.5) is 5.69 Å². The average Bonchev–Trinajstić information content (AvgIpc) is 2.74. The summed E-state index contributed by atoms with van der Waals surface area (Å²) < 4.78 is 0. The Hall–Kier alpha value is -0.620. The van der Waals surface area contributed by atoms with Crippen LogP contribution in [-0.4, -0.2) is 46.5 Å². The van der Waals surface area contributed by atoms with Crippen molar-refractivity contribution < 1.29 is 10.2 Å². The van der Waals surface area contributed by atoms with E-state index >= 15 is 0 Å². The number of aliphatic hydroxyl groups excluding tert-OH is 2. The molecule has 1 aliphatic heterocycles. The highest BCUT2D eigenvalue weighted by molar-refractivity contribution is 7.08. The van der Waals surface area contributed by atoms with Crippen LogP contribution in [0.2, 0.25) is 0 Å². The molecule has 1 aromatic rings. The summed E-state index contributed by atoms with van der Waals surface area (Å²) >= 11 is 1.61. The summed E-state index contributed by atoms with van der Waals surface area (Å²) in [5, 5.41) is 22.4. The van der Waals surface area contributed by atoms with Crippen LogP contribution in [-0.2, 0) is 0 Å². The average molecular weight is 258 g/mol. The molecule has 0 bridgehead atoms. The highest BCUT2D eigenvalue weighted by Crippen LogP contribution is 2.12. The maximum absolute atomic E-state index is 9.31. The molecule has 98 valence electrons. The first kappa shape index (κ1) is 14.4. The van der Waals surface area contributed by atoms with Crippen LogP contribution in [0.1, 0.15) is 20.3 Å². The number of rotatable bonds is 1. The third-order valence-electron chi connectivity index (χ3n) is 2.85. The molecular weight excluding hydrogens is 236 g/mol. The third-order valence-corrected chi connectivity index (χ3v) is 3.55. The van der Waals surface area contributed by atoms with Gasteiger partial charge in [0.15, 0.2) is 0 Å². The number of thiophene rings is 1. The van der Waals surface area contributed by atoms with E-state index < -0.39 is 12.2 Å². The molecule has 0 spiro atoms. The minimum Gasteiger partial charge on any atom is -0.398 e. The van der Waals surface area contributed by atoms with Gasteiger partial charge in [-0.15, -0.1) is 0 Å². The van der Waals surface area contributed by atoms with Gasteiger partial charge in [-0.05, 0) is 31.7 Å². The Morgan fingerprint density at radius 3 is 2.47 bits per heavy atom. The lowest BCUT2D eigenvalue weighted by atomic mass is 10.0. The first-order valence-electron chi connectivity index (χ1n) is 5.88. The minimum absolute atomic E-state index is 0.470. The molecule has 2 rings (SSSR count). The van der Waals surface area contributed by atoms with Crippen LogP contribution in [0.5, 0.6) is 0 Å². The molecule has 1 aliphatic rings. The van der Waals surface area contributed by atoms with E-state index in [2.05, 4.69) is 18.7 Å². The fourth-order valence-electron chi connectivity index (χ4n) is 1.69. The number of β-amino-alcohol motifs (C(OH)–C–C–N with tert-alkyl or cyclic N) is 1. The normalized spacial score (nSPS) is 25.5.